The Bertz CT molecular complexity index is 592. The molecule has 7 heteroatoms. The van der Waals surface area contributed by atoms with Crippen LogP contribution >= 0.6 is 11.6 Å². The first-order valence-electron chi connectivity index (χ1n) is 7.88. The first-order chi connectivity index (χ1) is 11.4. The summed E-state index contributed by atoms with van der Waals surface area (Å²) in [5, 5.41) is 12.3. The Balaban J connectivity index is 1.83. The van der Waals surface area contributed by atoms with Crippen LogP contribution in [-0.2, 0) is 25.7 Å². The van der Waals surface area contributed by atoms with Crippen molar-refractivity contribution in [3.63, 3.8) is 0 Å². The highest BCUT2D eigenvalue weighted by Crippen LogP contribution is 2.23. The summed E-state index contributed by atoms with van der Waals surface area (Å²) < 4.78 is 10.5. The van der Waals surface area contributed by atoms with E-state index in [0.29, 0.717) is 24.2 Å². The minimum atomic E-state index is -1.12. The number of hydrogen-bond donors (Lipinski definition) is 2. The standard InChI is InChI=1S/C17H22ClNO5/c1-10(2)7-12(19-16(20)14-15(24-14)17(21)22)9-23-8-11-5-3-4-6-13(11)18/h3-6,10,12,14-15H,7-9H2,1-2H3,(H,19,20)(H,21,22)/t12-,14-,15-/m0/s1. The molecule has 1 heterocycles. The van der Waals surface area contributed by atoms with Crippen LogP contribution in [0.4, 0.5) is 0 Å². The topological polar surface area (TPSA) is 88.2 Å². The maximum absolute atomic E-state index is 12.0. The lowest BCUT2D eigenvalue weighted by Gasteiger charge is -2.20. The predicted molar refractivity (Wildman–Crippen MR) is 88.8 cm³/mol. The van der Waals surface area contributed by atoms with E-state index in [0.717, 1.165) is 12.0 Å². The van der Waals surface area contributed by atoms with Gasteiger partial charge in [0.2, 0.25) is 0 Å². The van der Waals surface area contributed by atoms with Crippen molar-refractivity contribution in [2.45, 2.75) is 45.1 Å². The molecule has 1 aliphatic heterocycles. The number of rotatable bonds is 9. The predicted octanol–water partition coefficient (Wildman–Crippen LogP) is 2.24. The molecule has 1 amide bonds. The van der Waals surface area contributed by atoms with Gasteiger partial charge in [0.1, 0.15) is 0 Å². The average Bonchev–Trinajstić information content (AvgIpc) is 3.29. The lowest BCUT2D eigenvalue weighted by atomic mass is 10.0. The zero-order valence-electron chi connectivity index (χ0n) is 13.7. The van der Waals surface area contributed by atoms with Crippen molar-refractivity contribution in [2.75, 3.05) is 6.61 Å². The highest BCUT2D eigenvalue weighted by atomic mass is 35.5. The largest absolute Gasteiger partial charge is 0.479 e. The molecule has 2 N–H and O–H groups in total. The van der Waals surface area contributed by atoms with Gasteiger partial charge in [-0.15, -0.1) is 0 Å². The van der Waals surface area contributed by atoms with Gasteiger partial charge in [0.25, 0.3) is 5.91 Å². The van der Waals surface area contributed by atoms with Crippen LogP contribution in [0.25, 0.3) is 0 Å². The maximum Gasteiger partial charge on any atom is 0.336 e. The van der Waals surface area contributed by atoms with Gasteiger partial charge in [0.15, 0.2) is 12.2 Å². The number of benzene rings is 1. The molecule has 0 spiro atoms. The van der Waals surface area contributed by atoms with Gasteiger partial charge >= 0.3 is 5.97 Å². The molecule has 0 unspecified atom stereocenters. The van der Waals surface area contributed by atoms with Crippen molar-refractivity contribution >= 4 is 23.5 Å². The van der Waals surface area contributed by atoms with Gasteiger partial charge in [-0.1, -0.05) is 43.6 Å². The molecule has 0 aliphatic carbocycles. The average molecular weight is 356 g/mol. The van der Waals surface area contributed by atoms with Gasteiger partial charge < -0.3 is 19.9 Å². The molecular formula is C17H22ClNO5. The van der Waals surface area contributed by atoms with E-state index in [9.17, 15) is 9.59 Å². The highest BCUT2D eigenvalue weighted by molar-refractivity contribution is 6.31. The summed E-state index contributed by atoms with van der Waals surface area (Å²) in [5.41, 5.74) is 0.880. The molecule has 132 valence electrons. The van der Waals surface area contributed by atoms with Gasteiger partial charge in [-0.25, -0.2) is 4.79 Å². The molecule has 6 nitrogen and oxygen atoms in total. The molecule has 1 aromatic carbocycles. The molecule has 1 saturated heterocycles. The Morgan fingerprint density at radius 2 is 2.04 bits per heavy atom. The van der Waals surface area contributed by atoms with E-state index in [1.54, 1.807) is 6.07 Å². The maximum atomic E-state index is 12.0. The quantitative estimate of drug-likeness (QED) is 0.663. The second-order valence-electron chi connectivity index (χ2n) is 6.26. The van der Waals surface area contributed by atoms with Crippen molar-refractivity contribution in [2.24, 2.45) is 5.92 Å². The summed E-state index contributed by atoms with van der Waals surface area (Å²) in [6.45, 7) is 4.75. The molecule has 1 fully saturated rings. The first kappa shape index (κ1) is 18.7. The number of epoxide rings is 1. The van der Waals surface area contributed by atoms with Crippen LogP contribution in [0.15, 0.2) is 24.3 Å². The number of carboxylic acids is 1. The minimum absolute atomic E-state index is 0.210. The molecule has 0 bridgehead atoms. The fraction of sp³-hybridized carbons (Fsp3) is 0.529. The van der Waals surface area contributed by atoms with Crippen LogP contribution in [0.2, 0.25) is 5.02 Å². The smallest absolute Gasteiger partial charge is 0.336 e. The number of nitrogens with one attached hydrogen (secondary N) is 1. The van der Waals surface area contributed by atoms with Crippen LogP contribution in [0.1, 0.15) is 25.8 Å². The van der Waals surface area contributed by atoms with Crippen LogP contribution < -0.4 is 5.32 Å². The number of carboxylic acid groups (broad SMARTS) is 1. The van der Waals surface area contributed by atoms with Crippen molar-refractivity contribution in [3.05, 3.63) is 34.9 Å². The van der Waals surface area contributed by atoms with Crippen molar-refractivity contribution in [1.29, 1.82) is 0 Å². The van der Waals surface area contributed by atoms with Crippen molar-refractivity contribution < 1.29 is 24.2 Å². The van der Waals surface area contributed by atoms with Crippen LogP contribution in [-0.4, -0.2) is 41.8 Å². The summed E-state index contributed by atoms with van der Waals surface area (Å²) in [6.07, 6.45) is -1.21. The van der Waals surface area contributed by atoms with Gasteiger partial charge in [-0.05, 0) is 24.0 Å². The van der Waals surface area contributed by atoms with Gasteiger partial charge in [0.05, 0.1) is 19.3 Å². The molecule has 2 rings (SSSR count). The fourth-order valence-electron chi connectivity index (χ4n) is 2.45. The van der Waals surface area contributed by atoms with Crippen LogP contribution in [0, 0.1) is 5.92 Å². The molecule has 24 heavy (non-hydrogen) atoms. The monoisotopic (exact) mass is 355 g/mol. The summed E-state index contributed by atoms with van der Waals surface area (Å²) in [4.78, 5) is 22.8. The third-order valence-corrected chi connectivity index (χ3v) is 4.00. The lowest BCUT2D eigenvalue weighted by Crippen LogP contribution is -2.42. The Hall–Kier alpha value is -1.63. The first-order valence-corrected chi connectivity index (χ1v) is 8.26. The molecule has 0 saturated carbocycles. The number of amides is 1. The Morgan fingerprint density at radius 3 is 2.62 bits per heavy atom. The van der Waals surface area contributed by atoms with E-state index < -0.39 is 24.1 Å². The number of ether oxygens (including phenoxy) is 2. The van der Waals surface area contributed by atoms with Gasteiger partial charge in [-0.2, -0.15) is 0 Å². The summed E-state index contributed by atoms with van der Waals surface area (Å²) in [6, 6.07) is 7.20. The van der Waals surface area contributed by atoms with E-state index in [-0.39, 0.29) is 6.04 Å². The summed E-state index contributed by atoms with van der Waals surface area (Å²) in [7, 11) is 0. The fourth-order valence-corrected chi connectivity index (χ4v) is 2.64. The molecule has 0 radical (unpaired) electrons. The Labute approximate surface area is 146 Å². The number of carbonyl (C=O) groups is 2. The third-order valence-electron chi connectivity index (χ3n) is 3.63. The lowest BCUT2D eigenvalue weighted by molar-refractivity contribution is -0.138. The second-order valence-corrected chi connectivity index (χ2v) is 6.66. The van der Waals surface area contributed by atoms with Crippen molar-refractivity contribution in [1.82, 2.24) is 5.32 Å². The number of carbonyl (C=O) groups excluding carboxylic acids is 1. The summed E-state index contributed by atoms with van der Waals surface area (Å²) >= 11 is 6.08. The molecule has 0 aromatic heterocycles. The Kier molecular flexibility index (Phi) is 6.60. The van der Waals surface area contributed by atoms with E-state index >= 15 is 0 Å². The zero-order chi connectivity index (χ0) is 17.7. The minimum Gasteiger partial charge on any atom is -0.479 e. The SMILES string of the molecule is CC(C)C[C@@H](COCc1ccccc1Cl)NC(=O)[C@H]1O[C@@H]1C(=O)O. The van der Waals surface area contributed by atoms with Crippen LogP contribution in [0.3, 0.4) is 0 Å². The second kappa shape index (κ2) is 8.46. The highest BCUT2D eigenvalue weighted by Gasteiger charge is 2.51. The normalized spacial score (nSPS) is 20.7. The van der Waals surface area contributed by atoms with Crippen LogP contribution in [0.5, 0.6) is 0 Å². The number of halogens is 1. The van der Waals surface area contributed by atoms with E-state index in [1.165, 1.54) is 0 Å². The van der Waals surface area contributed by atoms with Crippen molar-refractivity contribution in [3.8, 4) is 0 Å². The van der Waals surface area contributed by atoms with E-state index in [2.05, 4.69) is 5.32 Å². The molecule has 1 aliphatic rings. The third kappa shape index (κ3) is 5.47. The van der Waals surface area contributed by atoms with Gasteiger partial charge in [0, 0.05) is 5.02 Å². The molecule has 1 aromatic rings. The summed E-state index contributed by atoms with van der Waals surface area (Å²) in [5.74, 6) is -1.17. The zero-order valence-corrected chi connectivity index (χ0v) is 14.5. The van der Waals surface area contributed by atoms with Gasteiger partial charge in [-0.3, -0.25) is 4.79 Å². The van der Waals surface area contributed by atoms with E-state index in [1.807, 2.05) is 32.0 Å². The molecular weight excluding hydrogens is 334 g/mol. The van der Waals surface area contributed by atoms with E-state index in [4.69, 9.17) is 26.2 Å². The molecule has 3 atom stereocenters. The number of hydrogen-bond acceptors (Lipinski definition) is 4. The Morgan fingerprint density at radius 1 is 1.33 bits per heavy atom. The number of aliphatic carboxylic acids is 1.